The Morgan fingerprint density at radius 1 is 0.351 bits per heavy atom. The molecule has 1 aromatic heterocycles. The third kappa shape index (κ3) is 5.46. The number of hydrogen-bond acceptors (Lipinski definition) is 2. The highest BCUT2D eigenvalue weighted by atomic mass is 14.9. The molecule has 1 saturated carbocycles. The van der Waals surface area contributed by atoms with Gasteiger partial charge in [-0.1, -0.05) is 179 Å². The lowest BCUT2D eigenvalue weighted by atomic mass is 9.67. The molecule has 0 saturated heterocycles. The lowest BCUT2D eigenvalue weighted by molar-refractivity contribution is 0.353. The fourth-order valence-electron chi connectivity index (χ4n) is 10.3. The molecule has 0 unspecified atom stereocenters. The van der Waals surface area contributed by atoms with Crippen LogP contribution in [0.4, 0.5) is 0 Å². The Morgan fingerprint density at radius 2 is 0.842 bits per heavy atom. The van der Waals surface area contributed by atoms with Gasteiger partial charge in [-0.05, 0) is 104 Å². The van der Waals surface area contributed by atoms with Crippen LogP contribution in [0.3, 0.4) is 0 Å². The molecule has 0 bridgehead atoms. The fourth-order valence-corrected chi connectivity index (χ4v) is 10.3. The molecule has 8 aromatic rings. The molecule has 2 heteroatoms. The minimum atomic E-state index is -0.0241. The number of benzene rings is 7. The molecule has 3 aliphatic carbocycles. The van der Waals surface area contributed by atoms with Crippen LogP contribution in [-0.4, -0.2) is 9.97 Å². The van der Waals surface area contributed by atoms with Gasteiger partial charge in [-0.3, -0.25) is 0 Å². The van der Waals surface area contributed by atoms with E-state index in [2.05, 4.69) is 166 Å². The van der Waals surface area contributed by atoms with Crippen molar-refractivity contribution in [2.24, 2.45) is 0 Å². The lowest BCUT2D eigenvalue weighted by Crippen LogP contribution is -2.28. The molecule has 11 rings (SSSR count). The van der Waals surface area contributed by atoms with E-state index in [1.54, 1.807) is 5.56 Å². The van der Waals surface area contributed by atoms with Gasteiger partial charge in [0.2, 0.25) is 0 Å². The summed E-state index contributed by atoms with van der Waals surface area (Å²) >= 11 is 0. The van der Waals surface area contributed by atoms with Gasteiger partial charge in [-0.25, -0.2) is 9.97 Å². The number of aromatic nitrogens is 2. The van der Waals surface area contributed by atoms with E-state index in [9.17, 15) is 0 Å². The first-order valence-corrected chi connectivity index (χ1v) is 20.6. The van der Waals surface area contributed by atoms with Gasteiger partial charge in [-0.15, -0.1) is 0 Å². The largest absolute Gasteiger partial charge is 0.228 e. The summed E-state index contributed by atoms with van der Waals surface area (Å²) in [6, 6.07) is 62.2. The third-order valence-electron chi connectivity index (χ3n) is 13.3. The maximum absolute atomic E-state index is 5.13. The standard InChI is InChI=1S/C55H44N2/c1-54(2)47-19-11-10-18-43(47)45-34-50-46(33-49(45)54)44-32-42(28-29-48(44)55(50)30-12-5-13-31-55)38-22-26-40(27-23-38)52-35-51(56-53(57-52)41-16-8-4-9-17-41)39-24-20-37(21-25-39)36-14-6-3-7-15-36/h3-4,6-11,14-29,32-35H,5,12-13,30-31H2,1-2H3. The van der Waals surface area contributed by atoms with Crippen molar-refractivity contribution in [3.8, 4) is 78.4 Å². The van der Waals surface area contributed by atoms with Crippen molar-refractivity contribution in [2.45, 2.75) is 56.8 Å². The van der Waals surface area contributed by atoms with Crippen LogP contribution in [0.1, 0.15) is 68.2 Å². The monoisotopic (exact) mass is 732 g/mol. The Labute approximate surface area is 336 Å². The van der Waals surface area contributed by atoms with E-state index in [1.807, 2.05) is 18.2 Å². The van der Waals surface area contributed by atoms with Crippen molar-refractivity contribution in [3.63, 3.8) is 0 Å². The normalized spacial score (nSPS) is 15.5. The molecular formula is C55H44N2. The second-order valence-corrected chi connectivity index (χ2v) is 16.9. The van der Waals surface area contributed by atoms with E-state index < -0.39 is 0 Å². The van der Waals surface area contributed by atoms with E-state index in [1.165, 1.54) is 93.3 Å². The van der Waals surface area contributed by atoms with E-state index >= 15 is 0 Å². The maximum Gasteiger partial charge on any atom is 0.160 e. The molecule has 1 spiro atoms. The molecule has 1 heterocycles. The molecule has 0 amide bonds. The summed E-state index contributed by atoms with van der Waals surface area (Å²) in [5.74, 6) is 0.728. The Hall–Kier alpha value is -6.38. The molecule has 2 nitrogen and oxygen atoms in total. The molecule has 0 atom stereocenters. The van der Waals surface area contributed by atoms with Crippen LogP contribution >= 0.6 is 0 Å². The van der Waals surface area contributed by atoms with Crippen LogP contribution in [0.15, 0.2) is 170 Å². The first-order chi connectivity index (χ1) is 28.0. The van der Waals surface area contributed by atoms with Gasteiger partial charge in [0.05, 0.1) is 11.4 Å². The highest BCUT2D eigenvalue weighted by Gasteiger charge is 2.46. The summed E-state index contributed by atoms with van der Waals surface area (Å²) in [5.41, 5.74) is 21.6. The van der Waals surface area contributed by atoms with Gasteiger partial charge in [0.1, 0.15) is 0 Å². The Balaban J connectivity index is 0.975. The molecule has 3 aliphatic rings. The first-order valence-electron chi connectivity index (χ1n) is 20.6. The van der Waals surface area contributed by atoms with E-state index in [0.717, 1.165) is 33.9 Å². The molecule has 7 aromatic carbocycles. The van der Waals surface area contributed by atoms with Crippen LogP contribution in [0.25, 0.3) is 78.4 Å². The molecular weight excluding hydrogens is 689 g/mol. The van der Waals surface area contributed by atoms with Crippen molar-refractivity contribution < 1.29 is 0 Å². The minimum Gasteiger partial charge on any atom is -0.228 e. The summed E-state index contributed by atoms with van der Waals surface area (Å²) in [6.07, 6.45) is 6.37. The van der Waals surface area contributed by atoms with Crippen LogP contribution in [0, 0.1) is 0 Å². The highest BCUT2D eigenvalue weighted by molar-refractivity contribution is 5.91. The van der Waals surface area contributed by atoms with Gasteiger partial charge in [0, 0.05) is 27.5 Å². The number of nitrogens with zero attached hydrogens (tertiary/aromatic N) is 2. The predicted molar refractivity (Wildman–Crippen MR) is 236 cm³/mol. The van der Waals surface area contributed by atoms with Crippen LogP contribution in [0.2, 0.25) is 0 Å². The van der Waals surface area contributed by atoms with Gasteiger partial charge in [0.25, 0.3) is 0 Å². The van der Waals surface area contributed by atoms with Crippen LogP contribution in [-0.2, 0) is 10.8 Å². The zero-order valence-electron chi connectivity index (χ0n) is 32.6. The zero-order valence-corrected chi connectivity index (χ0v) is 32.6. The molecule has 1 fully saturated rings. The topological polar surface area (TPSA) is 25.8 Å². The smallest absolute Gasteiger partial charge is 0.160 e. The predicted octanol–water partition coefficient (Wildman–Crippen LogP) is 14.3. The van der Waals surface area contributed by atoms with Crippen molar-refractivity contribution >= 4 is 0 Å². The second-order valence-electron chi connectivity index (χ2n) is 16.9. The quantitative estimate of drug-likeness (QED) is 0.176. The van der Waals surface area contributed by atoms with Gasteiger partial charge in [0.15, 0.2) is 5.82 Å². The highest BCUT2D eigenvalue weighted by Crippen LogP contribution is 2.60. The maximum atomic E-state index is 5.13. The average molecular weight is 733 g/mol. The van der Waals surface area contributed by atoms with Crippen LogP contribution in [0.5, 0.6) is 0 Å². The van der Waals surface area contributed by atoms with E-state index in [-0.39, 0.29) is 10.8 Å². The summed E-state index contributed by atoms with van der Waals surface area (Å²) < 4.78 is 0. The molecule has 0 radical (unpaired) electrons. The SMILES string of the molecule is CC1(C)c2ccccc2-c2cc3c(cc21)-c1cc(-c2ccc(-c4cc(-c5ccc(-c6ccccc6)cc5)nc(-c5ccccc5)n4)cc2)ccc1C31CCCCC1. The third-order valence-corrected chi connectivity index (χ3v) is 13.3. The minimum absolute atomic E-state index is 0.0241. The second kappa shape index (κ2) is 13.1. The summed E-state index contributed by atoms with van der Waals surface area (Å²) in [7, 11) is 0. The van der Waals surface area contributed by atoms with E-state index in [0.29, 0.717) is 0 Å². The number of hydrogen-bond donors (Lipinski definition) is 0. The number of fused-ring (bicyclic) bond motifs is 8. The lowest BCUT2D eigenvalue weighted by Gasteiger charge is -2.36. The zero-order chi connectivity index (χ0) is 38.1. The Morgan fingerprint density at radius 3 is 1.51 bits per heavy atom. The van der Waals surface area contributed by atoms with Crippen molar-refractivity contribution in [2.75, 3.05) is 0 Å². The van der Waals surface area contributed by atoms with Crippen molar-refractivity contribution in [1.29, 1.82) is 0 Å². The first kappa shape index (κ1) is 33.9. The van der Waals surface area contributed by atoms with E-state index in [4.69, 9.17) is 9.97 Å². The molecule has 57 heavy (non-hydrogen) atoms. The van der Waals surface area contributed by atoms with Gasteiger partial charge < -0.3 is 0 Å². The molecule has 0 aliphatic heterocycles. The summed E-state index contributed by atoms with van der Waals surface area (Å²) in [5, 5.41) is 0. The van der Waals surface area contributed by atoms with Crippen molar-refractivity contribution in [1.82, 2.24) is 9.97 Å². The summed E-state index contributed by atoms with van der Waals surface area (Å²) in [4.78, 5) is 10.2. The average Bonchev–Trinajstić information content (AvgIpc) is 3.66. The van der Waals surface area contributed by atoms with Gasteiger partial charge >= 0.3 is 0 Å². The summed E-state index contributed by atoms with van der Waals surface area (Å²) in [6.45, 7) is 4.80. The fraction of sp³-hybridized carbons (Fsp3) is 0.164. The Bertz CT molecular complexity index is 2810. The molecule has 274 valence electrons. The number of rotatable bonds is 5. The Kier molecular flexibility index (Phi) is 7.80. The molecule has 0 N–H and O–H groups in total. The van der Waals surface area contributed by atoms with Gasteiger partial charge in [-0.2, -0.15) is 0 Å². The van der Waals surface area contributed by atoms with Crippen molar-refractivity contribution in [3.05, 3.63) is 192 Å². The van der Waals surface area contributed by atoms with Crippen LogP contribution < -0.4 is 0 Å².